The summed E-state index contributed by atoms with van der Waals surface area (Å²) >= 11 is 5.52. The van der Waals surface area contributed by atoms with E-state index in [0.717, 1.165) is 36.7 Å². The van der Waals surface area contributed by atoms with Crippen LogP contribution in [0.2, 0.25) is 0 Å². The first-order valence-corrected chi connectivity index (χ1v) is 7.40. The third kappa shape index (κ3) is 3.91. The fraction of sp³-hybridized carbons (Fsp3) is 0.533. The summed E-state index contributed by atoms with van der Waals surface area (Å²) in [6.07, 6.45) is 2.63. The first-order chi connectivity index (χ1) is 9.22. The minimum Gasteiger partial charge on any atom is -0.371 e. The standard InChI is InChI=1S/C15H22N2OS/c1-3-13-10-17(11-14(4-2)18-13)15(19)16-12-8-6-5-7-9-12/h5-9,13-14H,3-4,10-11H2,1-2H3,(H,16,19)/t13-,14-/m0/s1. The van der Waals surface area contributed by atoms with Crippen molar-refractivity contribution >= 4 is 23.0 Å². The van der Waals surface area contributed by atoms with E-state index in [4.69, 9.17) is 17.0 Å². The maximum Gasteiger partial charge on any atom is 0.173 e. The van der Waals surface area contributed by atoms with Crippen molar-refractivity contribution in [2.24, 2.45) is 0 Å². The molecular formula is C15H22N2OS. The quantitative estimate of drug-likeness (QED) is 0.858. The lowest BCUT2D eigenvalue weighted by Crippen LogP contribution is -2.51. The van der Waals surface area contributed by atoms with E-state index in [1.807, 2.05) is 30.3 Å². The summed E-state index contributed by atoms with van der Waals surface area (Å²) in [6, 6.07) is 10.1. The lowest BCUT2D eigenvalue weighted by Gasteiger charge is -2.39. The Morgan fingerprint density at radius 3 is 2.32 bits per heavy atom. The van der Waals surface area contributed by atoms with Gasteiger partial charge < -0.3 is 15.0 Å². The molecule has 1 heterocycles. The van der Waals surface area contributed by atoms with Crippen LogP contribution in [0.4, 0.5) is 5.69 Å². The minimum absolute atomic E-state index is 0.286. The zero-order chi connectivity index (χ0) is 13.7. The molecule has 4 heteroatoms. The lowest BCUT2D eigenvalue weighted by atomic mass is 10.1. The maximum absolute atomic E-state index is 5.99. The topological polar surface area (TPSA) is 24.5 Å². The summed E-state index contributed by atoms with van der Waals surface area (Å²) < 4.78 is 5.99. The predicted octanol–water partition coefficient (Wildman–Crippen LogP) is 3.27. The van der Waals surface area contributed by atoms with Crippen LogP contribution in [-0.4, -0.2) is 35.3 Å². The molecule has 2 rings (SSSR count). The summed E-state index contributed by atoms with van der Waals surface area (Å²) in [5.41, 5.74) is 1.04. The molecule has 1 saturated heterocycles. The van der Waals surface area contributed by atoms with Gasteiger partial charge in [0.1, 0.15) is 0 Å². The average molecular weight is 278 g/mol. The van der Waals surface area contributed by atoms with Gasteiger partial charge in [-0.3, -0.25) is 0 Å². The fourth-order valence-electron chi connectivity index (χ4n) is 2.26. The van der Waals surface area contributed by atoms with Crippen LogP contribution in [0.25, 0.3) is 0 Å². The van der Waals surface area contributed by atoms with E-state index in [2.05, 4.69) is 24.1 Å². The highest BCUT2D eigenvalue weighted by Gasteiger charge is 2.27. The van der Waals surface area contributed by atoms with Crippen LogP contribution in [-0.2, 0) is 4.74 Å². The molecule has 19 heavy (non-hydrogen) atoms. The smallest absolute Gasteiger partial charge is 0.173 e. The largest absolute Gasteiger partial charge is 0.371 e. The van der Waals surface area contributed by atoms with E-state index in [-0.39, 0.29) is 12.2 Å². The molecule has 1 N–H and O–H groups in total. The Labute approximate surface area is 120 Å². The van der Waals surface area contributed by atoms with Gasteiger partial charge in [0.2, 0.25) is 0 Å². The normalized spacial score (nSPS) is 23.2. The molecule has 3 nitrogen and oxygen atoms in total. The van der Waals surface area contributed by atoms with Gasteiger partial charge in [0.05, 0.1) is 12.2 Å². The molecule has 0 unspecified atom stereocenters. The third-order valence-electron chi connectivity index (χ3n) is 3.46. The second-order valence-electron chi connectivity index (χ2n) is 4.90. The summed E-state index contributed by atoms with van der Waals surface area (Å²) in [7, 11) is 0. The molecule has 1 aliphatic heterocycles. The molecule has 1 aromatic rings. The van der Waals surface area contributed by atoms with Crippen LogP contribution in [0, 0.1) is 0 Å². The van der Waals surface area contributed by atoms with Crippen LogP contribution in [0.5, 0.6) is 0 Å². The van der Waals surface area contributed by atoms with Crippen molar-refractivity contribution in [3.63, 3.8) is 0 Å². The minimum atomic E-state index is 0.286. The average Bonchev–Trinajstić information content (AvgIpc) is 2.47. The molecule has 0 aliphatic carbocycles. The van der Waals surface area contributed by atoms with E-state index in [0.29, 0.717) is 0 Å². The molecule has 1 aliphatic rings. The molecule has 1 aromatic carbocycles. The summed E-state index contributed by atoms with van der Waals surface area (Å²) in [5, 5.41) is 4.10. The van der Waals surface area contributed by atoms with Crippen LogP contribution in [0.15, 0.2) is 30.3 Å². The molecule has 1 fully saturated rings. The molecule has 0 saturated carbocycles. The van der Waals surface area contributed by atoms with Gasteiger partial charge in [0.15, 0.2) is 5.11 Å². The first kappa shape index (κ1) is 14.3. The zero-order valence-electron chi connectivity index (χ0n) is 11.6. The molecule has 0 aromatic heterocycles. The van der Waals surface area contributed by atoms with Crippen LogP contribution >= 0.6 is 12.2 Å². The second kappa shape index (κ2) is 6.87. The van der Waals surface area contributed by atoms with Crippen molar-refractivity contribution in [1.82, 2.24) is 4.90 Å². The number of ether oxygens (including phenoxy) is 1. The molecule has 0 radical (unpaired) electrons. The Morgan fingerprint density at radius 1 is 1.21 bits per heavy atom. The van der Waals surface area contributed by atoms with Crippen molar-refractivity contribution in [3.05, 3.63) is 30.3 Å². The SMILES string of the molecule is CC[C@H]1CN(C(=S)Nc2ccccc2)C[C@H](CC)O1. The summed E-state index contributed by atoms with van der Waals surface area (Å²) in [4.78, 5) is 2.23. The molecule has 104 valence electrons. The van der Waals surface area contributed by atoms with Crippen LogP contribution in [0.1, 0.15) is 26.7 Å². The zero-order valence-corrected chi connectivity index (χ0v) is 12.5. The number of nitrogens with zero attached hydrogens (tertiary/aromatic N) is 1. The molecular weight excluding hydrogens is 256 g/mol. The van der Waals surface area contributed by atoms with Gasteiger partial charge in [-0.25, -0.2) is 0 Å². The third-order valence-corrected chi connectivity index (χ3v) is 3.82. The van der Waals surface area contributed by atoms with Crippen molar-refractivity contribution in [1.29, 1.82) is 0 Å². The van der Waals surface area contributed by atoms with Crippen molar-refractivity contribution in [2.75, 3.05) is 18.4 Å². The van der Waals surface area contributed by atoms with Crippen molar-refractivity contribution in [2.45, 2.75) is 38.9 Å². The molecule has 2 atom stereocenters. The number of hydrogen-bond acceptors (Lipinski definition) is 2. The van der Waals surface area contributed by atoms with Gasteiger partial charge in [-0.15, -0.1) is 0 Å². The maximum atomic E-state index is 5.99. The number of hydrogen-bond donors (Lipinski definition) is 1. The molecule has 0 spiro atoms. The number of thiocarbonyl (C=S) groups is 1. The number of rotatable bonds is 3. The summed E-state index contributed by atoms with van der Waals surface area (Å²) in [5.74, 6) is 0. The number of para-hydroxylation sites is 1. The lowest BCUT2D eigenvalue weighted by molar-refractivity contribution is -0.0681. The van der Waals surface area contributed by atoms with Crippen molar-refractivity contribution in [3.8, 4) is 0 Å². The van der Waals surface area contributed by atoms with Crippen molar-refractivity contribution < 1.29 is 4.74 Å². The van der Waals surface area contributed by atoms with E-state index < -0.39 is 0 Å². The molecule has 0 amide bonds. The van der Waals surface area contributed by atoms with Gasteiger partial charge in [-0.05, 0) is 37.2 Å². The van der Waals surface area contributed by atoms with Crippen LogP contribution in [0.3, 0.4) is 0 Å². The Balaban J connectivity index is 1.97. The highest BCUT2D eigenvalue weighted by molar-refractivity contribution is 7.80. The second-order valence-corrected chi connectivity index (χ2v) is 5.28. The summed E-state index contributed by atoms with van der Waals surface area (Å²) in [6.45, 7) is 6.08. The Hall–Kier alpha value is -1.13. The fourth-order valence-corrected chi connectivity index (χ4v) is 2.53. The van der Waals surface area contributed by atoms with Gasteiger partial charge >= 0.3 is 0 Å². The van der Waals surface area contributed by atoms with E-state index in [9.17, 15) is 0 Å². The first-order valence-electron chi connectivity index (χ1n) is 6.99. The highest BCUT2D eigenvalue weighted by atomic mass is 32.1. The van der Waals surface area contributed by atoms with Gasteiger partial charge in [-0.1, -0.05) is 32.0 Å². The Kier molecular flexibility index (Phi) is 5.16. The number of nitrogens with one attached hydrogen (secondary N) is 1. The number of benzene rings is 1. The number of anilines is 1. The van der Waals surface area contributed by atoms with E-state index >= 15 is 0 Å². The van der Waals surface area contributed by atoms with Crippen LogP contribution < -0.4 is 5.32 Å². The van der Waals surface area contributed by atoms with Gasteiger partial charge in [-0.2, -0.15) is 0 Å². The Bertz CT molecular complexity index is 398. The predicted molar refractivity (Wildman–Crippen MR) is 83.5 cm³/mol. The van der Waals surface area contributed by atoms with E-state index in [1.165, 1.54) is 0 Å². The molecule has 0 bridgehead atoms. The Morgan fingerprint density at radius 2 is 1.79 bits per heavy atom. The highest BCUT2D eigenvalue weighted by Crippen LogP contribution is 2.17. The number of morpholine rings is 1. The van der Waals surface area contributed by atoms with Gasteiger partial charge in [0.25, 0.3) is 0 Å². The van der Waals surface area contributed by atoms with Gasteiger partial charge in [0, 0.05) is 18.8 Å². The monoisotopic (exact) mass is 278 g/mol. The van der Waals surface area contributed by atoms with E-state index in [1.54, 1.807) is 0 Å².